The standard InChI is InChI=1S/C20H28N4S/c1-14-13-24(11-10-18(14)17-8-6-5-7-9-17)20(21-4)22-12-19-15(2)23-16(3)25-19/h5-9,14,18H,10-13H2,1-4H3,(H,21,22). The van der Waals surface area contributed by atoms with Crippen molar-refractivity contribution in [3.63, 3.8) is 0 Å². The number of aliphatic imine (C=N–C) groups is 1. The van der Waals surface area contributed by atoms with E-state index in [-0.39, 0.29) is 0 Å². The van der Waals surface area contributed by atoms with Crippen LogP contribution < -0.4 is 5.32 Å². The van der Waals surface area contributed by atoms with Gasteiger partial charge in [-0.15, -0.1) is 11.3 Å². The van der Waals surface area contributed by atoms with E-state index < -0.39 is 0 Å². The molecule has 0 spiro atoms. The lowest BCUT2D eigenvalue weighted by Crippen LogP contribution is -2.47. The van der Waals surface area contributed by atoms with Gasteiger partial charge in [0.2, 0.25) is 0 Å². The average Bonchev–Trinajstić information content (AvgIpc) is 2.94. The lowest BCUT2D eigenvalue weighted by Gasteiger charge is -2.38. The minimum Gasteiger partial charge on any atom is -0.351 e. The van der Waals surface area contributed by atoms with Crippen molar-refractivity contribution in [2.75, 3.05) is 20.1 Å². The number of piperidine rings is 1. The van der Waals surface area contributed by atoms with Gasteiger partial charge in [0.1, 0.15) is 0 Å². The van der Waals surface area contributed by atoms with Gasteiger partial charge in [0.05, 0.1) is 17.2 Å². The number of nitrogens with zero attached hydrogens (tertiary/aromatic N) is 3. The summed E-state index contributed by atoms with van der Waals surface area (Å²) in [5, 5.41) is 4.66. The quantitative estimate of drug-likeness (QED) is 0.668. The summed E-state index contributed by atoms with van der Waals surface area (Å²) in [4.78, 5) is 12.7. The van der Waals surface area contributed by atoms with Crippen LogP contribution in [0.5, 0.6) is 0 Å². The van der Waals surface area contributed by atoms with Crippen LogP contribution in [0.1, 0.15) is 40.4 Å². The first-order chi connectivity index (χ1) is 12.1. The first-order valence-corrected chi connectivity index (χ1v) is 9.83. The molecule has 3 rings (SSSR count). The number of likely N-dealkylation sites (tertiary alicyclic amines) is 1. The van der Waals surface area contributed by atoms with Crippen LogP contribution in [0.25, 0.3) is 0 Å². The van der Waals surface area contributed by atoms with E-state index >= 15 is 0 Å². The molecule has 134 valence electrons. The summed E-state index contributed by atoms with van der Waals surface area (Å²) in [6, 6.07) is 10.9. The highest BCUT2D eigenvalue weighted by atomic mass is 32.1. The zero-order chi connectivity index (χ0) is 17.8. The molecule has 1 aromatic heterocycles. The molecule has 0 radical (unpaired) electrons. The molecule has 1 saturated heterocycles. The monoisotopic (exact) mass is 356 g/mol. The van der Waals surface area contributed by atoms with Gasteiger partial charge in [-0.05, 0) is 37.7 Å². The molecule has 0 bridgehead atoms. The number of rotatable bonds is 3. The van der Waals surface area contributed by atoms with Gasteiger partial charge >= 0.3 is 0 Å². The Kier molecular flexibility index (Phi) is 5.74. The number of thiazole rings is 1. The van der Waals surface area contributed by atoms with Crippen LogP contribution in [-0.2, 0) is 6.54 Å². The Morgan fingerprint density at radius 2 is 2.08 bits per heavy atom. The second-order valence-corrected chi connectivity index (χ2v) is 8.16. The van der Waals surface area contributed by atoms with Crippen molar-refractivity contribution in [3.8, 4) is 0 Å². The first-order valence-electron chi connectivity index (χ1n) is 9.02. The van der Waals surface area contributed by atoms with Crippen LogP contribution in [0.4, 0.5) is 0 Å². The van der Waals surface area contributed by atoms with Crippen LogP contribution in [0.15, 0.2) is 35.3 Å². The van der Waals surface area contributed by atoms with Gasteiger partial charge in [-0.3, -0.25) is 4.99 Å². The van der Waals surface area contributed by atoms with Gasteiger partial charge in [-0.1, -0.05) is 37.3 Å². The number of hydrogen-bond donors (Lipinski definition) is 1. The van der Waals surface area contributed by atoms with Crippen LogP contribution in [0, 0.1) is 19.8 Å². The fraction of sp³-hybridized carbons (Fsp3) is 0.500. The summed E-state index contributed by atoms with van der Waals surface area (Å²) in [6.07, 6.45) is 1.17. The molecule has 25 heavy (non-hydrogen) atoms. The normalized spacial score (nSPS) is 21.4. The van der Waals surface area contributed by atoms with Crippen LogP contribution in [0.3, 0.4) is 0 Å². The molecule has 4 nitrogen and oxygen atoms in total. The van der Waals surface area contributed by atoms with Gasteiger partial charge < -0.3 is 10.2 Å². The second kappa shape index (κ2) is 8.00. The van der Waals surface area contributed by atoms with Crippen molar-refractivity contribution in [1.82, 2.24) is 15.2 Å². The van der Waals surface area contributed by atoms with Gasteiger partial charge in [-0.25, -0.2) is 4.98 Å². The summed E-state index contributed by atoms with van der Waals surface area (Å²) in [7, 11) is 1.88. The second-order valence-electron chi connectivity index (χ2n) is 6.87. The minimum atomic E-state index is 0.613. The zero-order valence-electron chi connectivity index (χ0n) is 15.6. The Bertz CT molecular complexity index is 723. The van der Waals surface area contributed by atoms with Gasteiger partial charge in [-0.2, -0.15) is 0 Å². The third kappa shape index (κ3) is 4.21. The van der Waals surface area contributed by atoms with E-state index in [0.29, 0.717) is 11.8 Å². The minimum absolute atomic E-state index is 0.613. The van der Waals surface area contributed by atoms with E-state index in [1.54, 1.807) is 11.3 Å². The Hall–Kier alpha value is -1.88. The number of benzene rings is 1. The van der Waals surface area contributed by atoms with Crippen LogP contribution in [0.2, 0.25) is 0 Å². The highest BCUT2D eigenvalue weighted by Gasteiger charge is 2.28. The third-order valence-electron chi connectivity index (χ3n) is 5.05. The maximum atomic E-state index is 4.51. The molecule has 5 heteroatoms. The van der Waals surface area contributed by atoms with Crippen molar-refractivity contribution in [3.05, 3.63) is 51.5 Å². The van der Waals surface area contributed by atoms with Gasteiger partial charge in [0, 0.05) is 25.0 Å². The molecule has 2 unspecified atom stereocenters. The molecule has 1 N–H and O–H groups in total. The fourth-order valence-corrected chi connectivity index (χ4v) is 4.64. The smallest absolute Gasteiger partial charge is 0.193 e. The molecular weight excluding hydrogens is 328 g/mol. The molecule has 2 heterocycles. The number of aromatic nitrogens is 1. The fourth-order valence-electron chi connectivity index (χ4n) is 3.76. The molecule has 1 aromatic carbocycles. The Labute approximate surface area is 155 Å². The molecular formula is C20H28N4S. The van der Waals surface area contributed by atoms with E-state index in [1.807, 2.05) is 7.05 Å². The Balaban J connectivity index is 1.61. The van der Waals surface area contributed by atoms with Crippen molar-refractivity contribution in [2.45, 2.75) is 39.7 Å². The highest BCUT2D eigenvalue weighted by Crippen LogP contribution is 2.32. The summed E-state index contributed by atoms with van der Waals surface area (Å²) < 4.78 is 0. The van der Waals surface area contributed by atoms with Crippen LogP contribution in [-0.4, -0.2) is 36.0 Å². The number of aryl methyl sites for hydroxylation is 2. The Morgan fingerprint density at radius 1 is 1.32 bits per heavy atom. The first kappa shape index (κ1) is 17.9. The van der Waals surface area contributed by atoms with E-state index in [1.165, 1.54) is 16.9 Å². The van der Waals surface area contributed by atoms with Gasteiger partial charge in [0.25, 0.3) is 0 Å². The van der Waals surface area contributed by atoms with E-state index in [2.05, 4.69) is 71.3 Å². The topological polar surface area (TPSA) is 40.5 Å². The molecule has 0 aliphatic carbocycles. The zero-order valence-corrected chi connectivity index (χ0v) is 16.4. The maximum absolute atomic E-state index is 4.51. The summed E-state index contributed by atoms with van der Waals surface area (Å²) in [6.45, 7) is 9.39. The number of hydrogen-bond acceptors (Lipinski definition) is 3. The maximum Gasteiger partial charge on any atom is 0.193 e. The number of nitrogens with one attached hydrogen (secondary N) is 1. The summed E-state index contributed by atoms with van der Waals surface area (Å²) in [5.41, 5.74) is 2.59. The largest absolute Gasteiger partial charge is 0.351 e. The molecule has 0 saturated carbocycles. The van der Waals surface area contributed by atoms with E-state index in [0.717, 1.165) is 36.3 Å². The SMILES string of the molecule is CN=C(NCc1sc(C)nc1C)N1CCC(c2ccccc2)C(C)C1. The summed E-state index contributed by atoms with van der Waals surface area (Å²) >= 11 is 1.76. The number of guanidine groups is 1. The van der Waals surface area contributed by atoms with E-state index in [4.69, 9.17) is 0 Å². The predicted octanol–water partition coefficient (Wildman–Crippen LogP) is 3.96. The third-order valence-corrected chi connectivity index (χ3v) is 6.12. The summed E-state index contributed by atoms with van der Waals surface area (Å²) in [5.74, 6) is 2.26. The average molecular weight is 357 g/mol. The lowest BCUT2D eigenvalue weighted by atomic mass is 9.82. The molecule has 2 atom stereocenters. The molecule has 0 amide bonds. The van der Waals surface area contributed by atoms with Gasteiger partial charge in [0.15, 0.2) is 5.96 Å². The van der Waals surface area contributed by atoms with Crippen LogP contribution >= 0.6 is 11.3 Å². The van der Waals surface area contributed by atoms with Crippen molar-refractivity contribution >= 4 is 17.3 Å². The molecule has 1 fully saturated rings. The molecule has 2 aromatic rings. The Morgan fingerprint density at radius 3 is 2.68 bits per heavy atom. The molecule has 1 aliphatic rings. The molecule has 1 aliphatic heterocycles. The lowest BCUT2D eigenvalue weighted by molar-refractivity contribution is 0.234. The van der Waals surface area contributed by atoms with Crippen molar-refractivity contribution in [1.29, 1.82) is 0 Å². The van der Waals surface area contributed by atoms with Crippen molar-refractivity contribution in [2.24, 2.45) is 10.9 Å². The van der Waals surface area contributed by atoms with Crippen molar-refractivity contribution < 1.29 is 0 Å². The highest BCUT2D eigenvalue weighted by molar-refractivity contribution is 7.11. The predicted molar refractivity (Wildman–Crippen MR) is 106 cm³/mol. The van der Waals surface area contributed by atoms with E-state index in [9.17, 15) is 0 Å².